The Kier molecular flexibility index (Phi) is 10.2. The van der Waals surface area contributed by atoms with Crippen molar-refractivity contribution in [1.82, 2.24) is 15.1 Å². The van der Waals surface area contributed by atoms with E-state index in [9.17, 15) is 0 Å². The molecule has 2 aromatic heterocycles. The largest absolute Gasteiger partial charge is 0.491 e. The summed E-state index contributed by atoms with van der Waals surface area (Å²) in [7, 11) is 1.93. The molecule has 0 aliphatic rings. The molecule has 0 aliphatic carbocycles. The molecule has 162 valence electrons. The Balaban J connectivity index is 0.00000320. The van der Waals surface area contributed by atoms with E-state index < -0.39 is 0 Å². The van der Waals surface area contributed by atoms with Crippen molar-refractivity contribution >= 4 is 47.0 Å². The Labute approximate surface area is 199 Å². The summed E-state index contributed by atoms with van der Waals surface area (Å²) in [6.45, 7) is 5.57. The first-order valence-electron chi connectivity index (χ1n) is 9.90. The van der Waals surface area contributed by atoms with Gasteiger partial charge in [0.05, 0.1) is 12.3 Å². The van der Waals surface area contributed by atoms with Crippen LogP contribution in [0.15, 0.2) is 59.2 Å². The monoisotopic (exact) mass is 539 g/mol. The highest BCUT2D eigenvalue weighted by molar-refractivity contribution is 14.0. The molecule has 6 nitrogen and oxygen atoms in total. The van der Waals surface area contributed by atoms with Gasteiger partial charge in [-0.15, -0.1) is 35.3 Å². The lowest BCUT2D eigenvalue weighted by molar-refractivity contribution is 0.242. The molecule has 3 aromatic rings. The van der Waals surface area contributed by atoms with E-state index in [4.69, 9.17) is 9.73 Å². The maximum absolute atomic E-state index is 5.72. The number of benzene rings is 1. The van der Waals surface area contributed by atoms with Crippen LogP contribution < -0.4 is 15.4 Å². The van der Waals surface area contributed by atoms with Crippen molar-refractivity contribution in [2.45, 2.75) is 32.8 Å². The Morgan fingerprint density at radius 1 is 1.20 bits per heavy atom. The van der Waals surface area contributed by atoms with Crippen molar-refractivity contribution < 1.29 is 4.74 Å². The Hall–Kier alpha value is -2.07. The number of hydrogen-bond donors (Lipinski definition) is 2. The van der Waals surface area contributed by atoms with Crippen LogP contribution in [-0.2, 0) is 19.9 Å². The third-order valence-electron chi connectivity index (χ3n) is 4.16. The van der Waals surface area contributed by atoms with Crippen molar-refractivity contribution in [3.05, 3.63) is 64.6 Å². The van der Waals surface area contributed by atoms with Gasteiger partial charge in [0.15, 0.2) is 5.96 Å². The summed E-state index contributed by atoms with van der Waals surface area (Å²) in [5.74, 6) is 1.65. The number of ether oxygens (including phenoxy) is 1. The quantitative estimate of drug-likeness (QED) is 0.235. The minimum absolute atomic E-state index is 0. The van der Waals surface area contributed by atoms with Crippen LogP contribution in [0.25, 0.3) is 0 Å². The summed E-state index contributed by atoms with van der Waals surface area (Å²) in [4.78, 5) is 6.10. The van der Waals surface area contributed by atoms with Crippen molar-refractivity contribution in [2.75, 3.05) is 18.4 Å². The van der Waals surface area contributed by atoms with Gasteiger partial charge in [-0.3, -0.25) is 9.67 Å². The van der Waals surface area contributed by atoms with E-state index in [0.29, 0.717) is 0 Å². The van der Waals surface area contributed by atoms with Gasteiger partial charge in [0, 0.05) is 43.3 Å². The number of aryl methyl sites for hydroxylation is 1. The predicted octanol–water partition coefficient (Wildman–Crippen LogP) is 4.73. The van der Waals surface area contributed by atoms with E-state index in [-0.39, 0.29) is 30.1 Å². The third-order valence-corrected chi connectivity index (χ3v) is 5.10. The minimum Gasteiger partial charge on any atom is -0.491 e. The van der Waals surface area contributed by atoms with E-state index in [1.807, 2.05) is 62.2 Å². The van der Waals surface area contributed by atoms with E-state index in [2.05, 4.69) is 33.2 Å². The van der Waals surface area contributed by atoms with Gasteiger partial charge < -0.3 is 15.4 Å². The van der Waals surface area contributed by atoms with E-state index >= 15 is 0 Å². The number of anilines is 1. The second-order valence-electron chi connectivity index (χ2n) is 7.07. The first kappa shape index (κ1) is 24.2. The predicted molar refractivity (Wildman–Crippen MR) is 136 cm³/mol. The highest BCUT2D eigenvalue weighted by Crippen LogP contribution is 2.17. The van der Waals surface area contributed by atoms with Crippen LogP contribution in [0.2, 0.25) is 0 Å². The van der Waals surface area contributed by atoms with Gasteiger partial charge in [0.1, 0.15) is 5.75 Å². The highest BCUT2D eigenvalue weighted by atomic mass is 127. The number of aliphatic imine (C=N–C) groups is 1. The maximum atomic E-state index is 5.72. The summed E-state index contributed by atoms with van der Waals surface area (Å²) in [6, 6.07) is 12.2. The number of guanidine groups is 1. The van der Waals surface area contributed by atoms with Crippen LogP contribution in [0, 0.1) is 0 Å². The SMILES string of the molecule is CC(C)Oc1ccc(NC(=NCCc2cccs2)NCCc2cnn(C)c2)cc1.I. The summed E-state index contributed by atoms with van der Waals surface area (Å²) in [5.41, 5.74) is 2.18. The number of thiophene rings is 1. The first-order chi connectivity index (χ1) is 14.1. The lowest BCUT2D eigenvalue weighted by Crippen LogP contribution is -2.32. The molecular weight excluding hydrogens is 509 g/mol. The third kappa shape index (κ3) is 8.35. The number of nitrogens with zero attached hydrogens (tertiary/aromatic N) is 3. The molecule has 0 saturated carbocycles. The minimum atomic E-state index is 0. The van der Waals surface area contributed by atoms with E-state index in [1.165, 1.54) is 10.4 Å². The topological polar surface area (TPSA) is 63.5 Å². The second kappa shape index (κ2) is 12.6. The number of rotatable bonds is 9. The van der Waals surface area contributed by atoms with Crippen LogP contribution in [0.4, 0.5) is 5.69 Å². The molecule has 8 heteroatoms. The molecule has 30 heavy (non-hydrogen) atoms. The Morgan fingerprint density at radius 3 is 2.63 bits per heavy atom. The fourth-order valence-corrected chi connectivity index (χ4v) is 3.52. The maximum Gasteiger partial charge on any atom is 0.195 e. The number of hydrogen-bond acceptors (Lipinski definition) is 4. The molecule has 0 atom stereocenters. The molecule has 2 heterocycles. The molecule has 0 aliphatic heterocycles. The van der Waals surface area contributed by atoms with Gasteiger partial charge in [-0.25, -0.2) is 0 Å². The number of halogens is 1. The number of aromatic nitrogens is 2. The zero-order chi connectivity index (χ0) is 20.5. The molecule has 0 amide bonds. The molecule has 0 radical (unpaired) electrons. The summed E-state index contributed by atoms with van der Waals surface area (Å²) >= 11 is 1.77. The average molecular weight is 539 g/mol. The van der Waals surface area contributed by atoms with Gasteiger partial charge >= 0.3 is 0 Å². The zero-order valence-electron chi connectivity index (χ0n) is 17.7. The number of nitrogens with one attached hydrogen (secondary N) is 2. The van der Waals surface area contributed by atoms with Crippen molar-refractivity contribution in [3.8, 4) is 5.75 Å². The Bertz CT molecular complexity index is 891. The molecule has 0 bridgehead atoms. The van der Waals surface area contributed by atoms with Gasteiger partial charge in [-0.2, -0.15) is 5.10 Å². The van der Waals surface area contributed by atoms with Crippen LogP contribution in [0.1, 0.15) is 24.3 Å². The molecule has 3 rings (SSSR count). The lowest BCUT2D eigenvalue weighted by atomic mass is 10.2. The smallest absolute Gasteiger partial charge is 0.195 e. The summed E-state index contributed by atoms with van der Waals surface area (Å²) in [5, 5.41) is 13.1. The molecule has 0 saturated heterocycles. The van der Waals surface area contributed by atoms with E-state index in [0.717, 1.165) is 43.3 Å². The fourth-order valence-electron chi connectivity index (χ4n) is 2.82. The second-order valence-corrected chi connectivity index (χ2v) is 8.11. The molecule has 2 N–H and O–H groups in total. The van der Waals surface area contributed by atoms with Crippen molar-refractivity contribution in [3.63, 3.8) is 0 Å². The zero-order valence-corrected chi connectivity index (χ0v) is 20.8. The van der Waals surface area contributed by atoms with Gasteiger partial charge in [-0.05, 0) is 61.5 Å². The van der Waals surface area contributed by atoms with Gasteiger partial charge in [0.25, 0.3) is 0 Å². The van der Waals surface area contributed by atoms with Crippen LogP contribution >= 0.6 is 35.3 Å². The summed E-state index contributed by atoms with van der Waals surface area (Å²) < 4.78 is 7.54. The lowest BCUT2D eigenvalue weighted by Gasteiger charge is -2.14. The van der Waals surface area contributed by atoms with Crippen molar-refractivity contribution in [1.29, 1.82) is 0 Å². The van der Waals surface area contributed by atoms with Crippen LogP contribution in [-0.4, -0.2) is 34.9 Å². The molecule has 1 aromatic carbocycles. The first-order valence-corrected chi connectivity index (χ1v) is 10.8. The molecular formula is C22H30IN5OS. The van der Waals surface area contributed by atoms with Crippen LogP contribution in [0.3, 0.4) is 0 Å². The average Bonchev–Trinajstić information content (AvgIpc) is 3.34. The van der Waals surface area contributed by atoms with E-state index in [1.54, 1.807) is 11.3 Å². The van der Waals surface area contributed by atoms with Gasteiger partial charge in [0.2, 0.25) is 0 Å². The van der Waals surface area contributed by atoms with Gasteiger partial charge in [-0.1, -0.05) is 6.07 Å². The van der Waals surface area contributed by atoms with Crippen LogP contribution in [0.5, 0.6) is 5.75 Å². The highest BCUT2D eigenvalue weighted by Gasteiger charge is 2.04. The van der Waals surface area contributed by atoms with Crippen molar-refractivity contribution in [2.24, 2.45) is 12.0 Å². The normalized spacial score (nSPS) is 11.3. The summed E-state index contributed by atoms with van der Waals surface area (Å²) in [6.07, 6.45) is 5.93. The Morgan fingerprint density at radius 2 is 2.00 bits per heavy atom. The molecule has 0 unspecified atom stereocenters. The molecule has 0 fully saturated rings. The fraction of sp³-hybridized carbons (Fsp3) is 0.364. The molecule has 0 spiro atoms. The standard InChI is InChI=1S/C22H29N5OS.HI/c1-17(2)28-20-8-6-19(7-9-20)26-22(24-13-11-21-5-4-14-29-21)23-12-10-18-15-25-27(3)16-18;/h4-9,14-17H,10-13H2,1-3H3,(H2,23,24,26);1H.